The minimum atomic E-state index is 0.292. The predicted octanol–water partition coefficient (Wildman–Crippen LogP) is 4.65. The molecule has 0 radical (unpaired) electrons. The number of hydrogen-bond acceptors (Lipinski definition) is 5. The number of aromatic nitrogens is 2. The number of amides is 1. The van der Waals surface area contributed by atoms with Gasteiger partial charge in [0.15, 0.2) is 0 Å². The van der Waals surface area contributed by atoms with Gasteiger partial charge in [-0.3, -0.25) is 4.79 Å². The van der Waals surface area contributed by atoms with E-state index in [0.717, 1.165) is 48.8 Å². The number of carbonyl (C=O) groups is 1. The maximum absolute atomic E-state index is 12.3. The van der Waals surface area contributed by atoms with Crippen LogP contribution < -0.4 is 5.32 Å². The van der Waals surface area contributed by atoms with E-state index in [0.29, 0.717) is 30.2 Å². The normalized spacial score (nSPS) is 15.9. The van der Waals surface area contributed by atoms with Crippen LogP contribution >= 0.6 is 11.3 Å². The van der Waals surface area contributed by atoms with E-state index < -0.39 is 0 Å². The fraction of sp³-hybridized carbons (Fsp3) is 0.667. The average molecular weight is 389 g/mol. The zero-order valence-electron chi connectivity index (χ0n) is 17.2. The maximum Gasteiger partial charge on any atom is 0.222 e. The van der Waals surface area contributed by atoms with Gasteiger partial charge in [-0.2, -0.15) is 0 Å². The Balaban J connectivity index is 1.72. The summed E-state index contributed by atoms with van der Waals surface area (Å²) >= 11 is 1.71. The first kappa shape index (κ1) is 20.1. The van der Waals surface area contributed by atoms with Gasteiger partial charge in [-0.05, 0) is 49.0 Å². The van der Waals surface area contributed by atoms with Crippen LogP contribution in [0.2, 0.25) is 0 Å². The van der Waals surface area contributed by atoms with Gasteiger partial charge in [0.1, 0.15) is 16.5 Å². The zero-order chi connectivity index (χ0) is 19.6. The summed E-state index contributed by atoms with van der Waals surface area (Å²) in [6.45, 7) is 12.3. The molecule has 2 aromatic heterocycles. The Morgan fingerprint density at radius 1 is 1.22 bits per heavy atom. The molecule has 1 aliphatic heterocycles. The van der Waals surface area contributed by atoms with E-state index in [1.54, 1.807) is 11.3 Å². The van der Waals surface area contributed by atoms with Crippen LogP contribution in [0.1, 0.15) is 58.3 Å². The SMILES string of the molecule is Cc1nc(NC2CCN(C(=O)CC(C)C)CC2)c2c(CC(C)C)csc2n1. The first-order valence-corrected chi connectivity index (χ1v) is 11.0. The molecule has 1 N–H and O–H groups in total. The summed E-state index contributed by atoms with van der Waals surface area (Å²) in [5.74, 6) is 3.10. The smallest absolute Gasteiger partial charge is 0.222 e. The molecule has 0 saturated carbocycles. The number of thiophene rings is 1. The molecule has 1 aliphatic rings. The number of piperidine rings is 1. The molecular formula is C21H32N4OS. The summed E-state index contributed by atoms with van der Waals surface area (Å²) in [5.41, 5.74) is 1.34. The van der Waals surface area contributed by atoms with Gasteiger partial charge in [-0.25, -0.2) is 9.97 Å². The van der Waals surface area contributed by atoms with Crippen LogP contribution in [0.25, 0.3) is 10.2 Å². The van der Waals surface area contributed by atoms with E-state index in [-0.39, 0.29) is 0 Å². The quantitative estimate of drug-likeness (QED) is 0.783. The summed E-state index contributed by atoms with van der Waals surface area (Å²) in [5, 5.41) is 7.11. The van der Waals surface area contributed by atoms with Crippen LogP contribution in [-0.2, 0) is 11.2 Å². The Hall–Kier alpha value is -1.69. The van der Waals surface area contributed by atoms with Crippen molar-refractivity contribution in [3.63, 3.8) is 0 Å². The number of anilines is 1. The number of nitrogens with one attached hydrogen (secondary N) is 1. The van der Waals surface area contributed by atoms with Crippen LogP contribution in [-0.4, -0.2) is 39.9 Å². The van der Waals surface area contributed by atoms with E-state index in [1.165, 1.54) is 10.9 Å². The first-order chi connectivity index (χ1) is 12.8. The Morgan fingerprint density at radius 3 is 2.56 bits per heavy atom. The second-order valence-electron chi connectivity index (χ2n) is 8.56. The number of hydrogen-bond donors (Lipinski definition) is 1. The summed E-state index contributed by atoms with van der Waals surface area (Å²) in [4.78, 5) is 24.8. The largest absolute Gasteiger partial charge is 0.367 e. The zero-order valence-corrected chi connectivity index (χ0v) is 18.0. The van der Waals surface area contributed by atoms with Gasteiger partial charge in [0.2, 0.25) is 5.91 Å². The van der Waals surface area contributed by atoms with E-state index >= 15 is 0 Å². The van der Waals surface area contributed by atoms with E-state index in [9.17, 15) is 4.79 Å². The number of likely N-dealkylation sites (tertiary alicyclic amines) is 1. The fourth-order valence-electron chi connectivity index (χ4n) is 3.75. The Kier molecular flexibility index (Phi) is 6.35. The topological polar surface area (TPSA) is 58.1 Å². The van der Waals surface area contributed by atoms with Crippen LogP contribution in [0.15, 0.2) is 5.38 Å². The van der Waals surface area contributed by atoms with Crippen molar-refractivity contribution in [1.29, 1.82) is 0 Å². The maximum atomic E-state index is 12.3. The van der Waals surface area contributed by atoms with Crippen molar-refractivity contribution in [2.75, 3.05) is 18.4 Å². The van der Waals surface area contributed by atoms with Gasteiger partial charge in [0.05, 0.1) is 5.39 Å². The molecule has 1 fully saturated rings. The second kappa shape index (κ2) is 8.55. The number of fused-ring (bicyclic) bond motifs is 1. The molecule has 0 unspecified atom stereocenters. The lowest BCUT2D eigenvalue weighted by Crippen LogP contribution is -2.42. The summed E-state index contributed by atoms with van der Waals surface area (Å²) in [6.07, 6.45) is 3.64. The molecule has 2 aromatic rings. The van der Waals surface area contributed by atoms with E-state index in [4.69, 9.17) is 4.98 Å². The number of rotatable bonds is 6. The van der Waals surface area contributed by atoms with Crippen LogP contribution in [0.5, 0.6) is 0 Å². The molecule has 6 heteroatoms. The van der Waals surface area contributed by atoms with Gasteiger partial charge in [0, 0.05) is 25.6 Å². The molecular weight excluding hydrogens is 356 g/mol. The molecule has 1 amide bonds. The molecule has 5 nitrogen and oxygen atoms in total. The molecule has 0 atom stereocenters. The van der Waals surface area contributed by atoms with Gasteiger partial charge in [-0.1, -0.05) is 27.7 Å². The molecule has 148 valence electrons. The van der Waals surface area contributed by atoms with Crippen LogP contribution in [0, 0.1) is 18.8 Å². The monoisotopic (exact) mass is 388 g/mol. The summed E-state index contributed by atoms with van der Waals surface area (Å²) in [7, 11) is 0. The highest BCUT2D eigenvalue weighted by atomic mass is 32.1. The molecule has 27 heavy (non-hydrogen) atoms. The predicted molar refractivity (Wildman–Crippen MR) is 113 cm³/mol. The highest BCUT2D eigenvalue weighted by Gasteiger charge is 2.24. The van der Waals surface area contributed by atoms with Crippen molar-refractivity contribution in [3.8, 4) is 0 Å². The first-order valence-electron chi connectivity index (χ1n) is 10.1. The molecule has 0 bridgehead atoms. The standard InChI is InChI=1S/C21H32N4OS/c1-13(2)10-16-12-27-21-19(16)20(22-15(5)23-21)24-17-6-8-25(9-7-17)18(26)11-14(3)4/h12-14,17H,6-11H2,1-5H3,(H,22,23,24). The van der Waals surface area contributed by atoms with Crippen molar-refractivity contribution in [2.24, 2.45) is 11.8 Å². The second-order valence-corrected chi connectivity index (χ2v) is 9.41. The molecule has 0 spiro atoms. The van der Waals surface area contributed by atoms with Crippen molar-refractivity contribution < 1.29 is 4.79 Å². The lowest BCUT2D eigenvalue weighted by molar-refractivity contribution is -0.132. The lowest BCUT2D eigenvalue weighted by Gasteiger charge is -2.33. The molecule has 0 aliphatic carbocycles. The molecule has 3 rings (SSSR count). The van der Waals surface area contributed by atoms with Crippen LogP contribution in [0.4, 0.5) is 5.82 Å². The third kappa shape index (κ3) is 4.98. The Bertz CT molecular complexity index is 791. The highest BCUT2D eigenvalue weighted by molar-refractivity contribution is 7.17. The molecule has 0 aromatic carbocycles. The van der Waals surface area contributed by atoms with E-state index in [2.05, 4.69) is 43.4 Å². The van der Waals surface area contributed by atoms with E-state index in [1.807, 2.05) is 11.8 Å². The Morgan fingerprint density at radius 2 is 1.93 bits per heavy atom. The summed E-state index contributed by atoms with van der Waals surface area (Å²) < 4.78 is 0. The van der Waals surface area contributed by atoms with Gasteiger partial charge < -0.3 is 10.2 Å². The highest BCUT2D eigenvalue weighted by Crippen LogP contribution is 2.32. The van der Waals surface area contributed by atoms with Gasteiger partial charge in [-0.15, -0.1) is 11.3 Å². The van der Waals surface area contributed by atoms with Gasteiger partial charge >= 0.3 is 0 Å². The van der Waals surface area contributed by atoms with Crippen molar-refractivity contribution in [2.45, 2.75) is 66.3 Å². The molecule has 1 saturated heterocycles. The number of nitrogens with zero attached hydrogens (tertiary/aromatic N) is 3. The average Bonchev–Trinajstić information content (AvgIpc) is 2.96. The number of aryl methyl sites for hydroxylation is 1. The summed E-state index contributed by atoms with van der Waals surface area (Å²) in [6, 6.07) is 0.359. The lowest BCUT2D eigenvalue weighted by atomic mass is 10.0. The van der Waals surface area contributed by atoms with Crippen molar-refractivity contribution >= 4 is 33.3 Å². The third-order valence-corrected chi connectivity index (χ3v) is 5.94. The minimum absolute atomic E-state index is 0.292. The van der Waals surface area contributed by atoms with Crippen molar-refractivity contribution in [1.82, 2.24) is 14.9 Å². The molecule has 3 heterocycles. The number of carbonyl (C=O) groups excluding carboxylic acids is 1. The van der Waals surface area contributed by atoms with Gasteiger partial charge in [0.25, 0.3) is 0 Å². The third-order valence-electron chi connectivity index (χ3n) is 5.02. The van der Waals surface area contributed by atoms with Crippen LogP contribution in [0.3, 0.4) is 0 Å². The minimum Gasteiger partial charge on any atom is -0.367 e. The van der Waals surface area contributed by atoms with Crippen molar-refractivity contribution in [3.05, 3.63) is 16.8 Å². The Labute approximate surface area is 166 Å². The fourth-order valence-corrected chi connectivity index (χ4v) is 4.75.